The second kappa shape index (κ2) is 14.8. The molecule has 0 aliphatic heterocycles. The first-order chi connectivity index (χ1) is 20.7. The Balaban J connectivity index is 0.00000276. The van der Waals surface area contributed by atoms with Crippen molar-refractivity contribution in [3.8, 4) is 34.0 Å². The number of ether oxygens (including phenoxy) is 1. The van der Waals surface area contributed by atoms with Crippen LogP contribution in [0.3, 0.4) is 0 Å². The van der Waals surface area contributed by atoms with Gasteiger partial charge in [0.2, 0.25) is 0 Å². The Morgan fingerprint density at radius 3 is 2.20 bits per heavy atom. The van der Waals surface area contributed by atoms with Crippen LogP contribution in [0.2, 0.25) is 0 Å². The summed E-state index contributed by atoms with van der Waals surface area (Å²) in [7, 11) is 0. The molecule has 0 unspecified atom stereocenters. The number of H-pyrrole nitrogens is 1. The van der Waals surface area contributed by atoms with Crippen LogP contribution in [0, 0.1) is 5.41 Å². The van der Waals surface area contributed by atoms with Gasteiger partial charge >= 0.3 is 57.1 Å². The molecule has 44 heavy (non-hydrogen) atoms. The largest absolute Gasteiger partial charge is 1.00 e. The van der Waals surface area contributed by atoms with E-state index in [1.165, 1.54) is 0 Å². The standard InChI is InChI=1S/C35H38N4O4.K.H/c1-6-10-30-29(33(40)39(31(7-2)36-30)25-17-19-26(20-18-25)42-22-35(3,4)5)21-23-13-15-24(16-14-23)27-11-8-9-12-28(27)32-37-34(41)43-38-32;;/h8-9,11-20H,6-7,10,21-22H2,1-5H3,(H,37,38,41);;/q;+1;-1. The molecule has 3 aromatic carbocycles. The van der Waals surface area contributed by atoms with E-state index in [0.717, 1.165) is 58.1 Å². The van der Waals surface area contributed by atoms with E-state index in [9.17, 15) is 9.59 Å². The van der Waals surface area contributed by atoms with Crippen LogP contribution < -0.4 is 67.4 Å². The summed E-state index contributed by atoms with van der Waals surface area (Å²) in [6.07, 6.45) is 2.74. The summed E-state index contributed by atoms with van der Waals surface area (Å²) in [4.78, 5) is 33.3. The smallest absolute Gasteiger partial charge is 1.00 e. The number of aryl methyl sites for hydroxylation is 2. The third kappa shape index (κ3) is 7.94. The van der Waals surface area contributed by atoms with E-state index >= 15 is 0 Å². The third-order valence-corrected chi connectivity index (χ3v) is 7.17. The minimum atomic E-state index is -0.596. The fourth-order valence-corrected chi connectivity index (χ4v) is 5.06. The Morgan fingerprint density at radius 1 is 0.932 bits per heavy atom. The molecule has 2 heterocycles. The van der Waals surface area contributed by atoms with Gasteiger partial charge < -0.3 is 6.16 Å². The van der Waals surface area contributed by atoms with Crippen molar-refractivity contribution in [2.75, 3.05) is 6.61 Å². The van der Waals surface area contributed by atoms with E-state index in [0.29, 0.717) is 30.8 Å². The Labute approximate surface area is 301 Å². The molecule has 0 saturated heterocycles. The van der Waals surface area contributed by atoms with Gasteiger partial charge in [-0.2, -0.15) is 0 Å². The normalized spacial score (nSPS) is 11.3. The number of hydrogen-bond donors (Lipinski definition) is 1. The fraction of sp³-hybridized carbons (Fsp3) is 0.314. The van der Waals surface area contributed by atoms with Crippen molar-refractivity contribution in [3.05, 3.63) is 116 Å². The van der Waals surface area contributed by atoms with Crippen molar-refractivity contribution >= 4 is 0 Å². The van der Waals surface area contributed by atoms with Crippen LogP contribution in [-0.2, 0) is 19.3 Å². The molecule has 0 saturated carbocycles. The second-order valence-electron chi connectivity index (χ2n) is 11.9. The molecule has 9 heteroatoms. The second-order valence-corrected chi connectivity index (χ2v) is 11.9. The Kier molecular flexibility index (Phi) is 11.4. The van der Waals surface area contributed by atoms with Crippen LogP contribution in [0.4, 0.5) is 0 Å². The van der Waals surface area contributed by atoms with Crippen molar-refractivity contribution < 1.29 is 62.1 Å². The summed E-state index contributed by atoms with van der Waals surface area (Å²) >= 11 is 0. The van der Waals surface area contributed by atoms with Crippen molar-refractivity contribution in [2.45, 2.75) is 60.3 Å². The molecule has 1 N–H and O–H groups in total. The average molecular weight is 619 g/mol. The van der Waals surface area contributed by atoms with E-state index in [1.807, 2.05) is 79.7 Å². The van der Waals surface area contributed by atoms with Gasteiger partial charge in [0, 0.05) is 24.0 Å². The zero-order valence-corrected chi connectivity index (χ0v) is 29.6. The molecule has 5 rings (SSSR count). The summed E-state index contributed by atoms with van der Waals surface area (Å²) in [6, 6.07) is 23.5. The number of benzene rings is 3. The number of hydrogen-bond acceptors (Lipinski definition) is 6. The third-order valence-electron chi connectivity index (χ3n) is 7.17. The van der Waals surface area contributed by atoms with Crippen molar-refractivity contribution in [1.29, 1.82) is 0 Å². The number of nitrogens with zero attached hydrogens (tertiary/aromatic N) is 3. The molecule has 0 atom stereocenters. The molecule has 0 radical (unpaired) electrons. The van der Waals surface area contributed by atoms with E-state index in [4.69, 9.17) is 14.2 Å². The predicted octanol–water partition coefficient (Wildman–Crippen LogP) is 3.89. The summed E-state index contributed by atoms with van der Waals surface area (Å²) in [5, 5.41) is 3.86. The molecule has 2 aromatic heterocycles. The van der Waals surface area contributed by atoms with Crippen LogP contribution in [0.5, 0.6) is 5.75 Å². The van der Waals surface area contributed by atoms with Gasteiger partial charge in [-0.25, -0.2) is 9.78 Å². The van der Waals surface area contributed by atoms with Crippen LogP contribution in [-0.4, -0.2) is 26.3 Å². The van der Waals surface area contributed by atoms with Crippen molar-refractivity contribution in [1.82, 2.24) is 19.7 Å². The van der Waals surface area contributed by atoms with Gasteiger partial charge in [-0.1, -0.05) is 94.7 Å². The molecule has 0 aliphatic carbocycles. The topological polar surface area (TPSA) is 103 Å². The zero-order valence-electron chi connectivity index (χ0n) is 27.4. The van der Waals surface area contributed by atoms with Gasteiger partial charge in [0.1, 0.15) is 11.6 Å². The van der Waals surface area contributed by atoms with Crippen LogP contribution in [0.25, 0.3) is 28.2 Å². The van der Waals surface area contributed by atoms with Crippen LogP contribution >= 0.6 is 0 Å². The number of aromatic nitrogens is 4. The van der Waals surface area contributed by atoms with E-state index in [-0.39, 0.29) is 63.8 Å². The summed E-state index contributed by atoms with van der Waals surface area (Å²) in [6.45, 7) is 11.1. The zero-order chi connectivity index (χ0) is 30.6. The molecular weight excluding hydrogens is 580 g/mol. The number of rotatable bonds is 10. The predicted molar refractivity (Wildman–Crippen MR) is 170 cm³/mol. The first-order valence-electron chi connectivity index (χ1n) is 14.8. The van der Waals surface area contributed by atoms with Crippen molar-refractivity contribution in [3.63, 3.8) is 0 Å². The first kappa shape index (κ1) is 33.8. The number of aromatic amines is 1. The maximum atomic E-state index is 14.1. The molecule has 0 amide bonds. The minimum Gasteiger partial charge on any atom is -1.00 e. The maximum absolute atomic E-state index is 14.1. The monoisotopic (exact) mass is 618 g/mol. The van der Waals surface area contributed by atoms with Gasteiger partial charge in [0.05, 0.1) is 18.0 Å². The first-order valence-corrected chi connectivity index (χ1v) is 14.8. The molecule has 0 aliphatic rings. The summed E-state index contributed by atoms with van der Waals surface area (Å²) in [5.41, 5.74) is 6.01. The van der Waals surface area contributed by atoms with Crippen LogP contribution in [0.15, 0.2) is 86.9 Å². The van der Waals surface area contributed by atoms with E-state index < -0.39 is 5.76 Å². The van der Waals surface area contributed by atoms with Crippen molar-refractivity contribution in [2.24, 2.45) is 5.41 Å². The van der Waals surface area contributed by atoms with Gasteiger partial charge in [-0.05, 0) is 52.8 Å². The van der Waals surface area contributed by atoms with Gasteiger partial charge in [-0.3, -0.25) is 18.9 Å². The van der Waals surface area contributed by atoms with E-state index in [2.05, 4.69) is 37.8 Å². The van der Waals surface area contributed by atoms with Gasteiger partial charge in [0.15, 0.2) is 5.82 Å². The fourth-order valence-electron chi connectivity index (χ4n) is 5.06. The molecule has 224 valence electrons. The Morgan fingerprint density at radius 2 is 1.61 bits per heavy atom. The summed E-state index contributed by atoms with van der Waals surface area (Å²) in [5.74, 6) is 1.31. The SMILES string of the molecule is CCCc1nc(CC)n(-c2ccc(OCC(C)(C)C)cc2)c(=O)c1Cc1ccc(-c2ccccc2-c2noc(=O)[nH]2)cc1.[H-].[K+]. The van der Waals surface area contributed by atoms with Gasteiger partial charge in [0.25, 0.3) is 5.56 Å². The molecule has 0 bridgehead atoms. The van der Waals surface area contributed by atoms with Gasteiger partial charge in [-0.15, -0.1) is 0 Å². The molecule has 5 aromatic rings. The summed E-state index contributed by atoms with van der Waals surface area (Å²) < 4.78 is 12.4. The quantitative estimate of drug-likeness (QED) is 0.238. The molecule has 0 spiro atoms. The molecule has 8 nitrogen and oxygen atoms in total. The Bertz CT molecular complexity index is 1820. The average Bonchev–Trinajstić information content (AvgIpc) is 3.44. The molecular formula is C35H39KN4O4. The minimum absolute atomic E-state index is 0. The number of nitrogens with one attached hydrogen (secondary N) is 1. The Hall–Kier alpha value is -3.08. The molecule has 0 fully saturated rings. The van der Waals surface area contributed by atoms with Crippen LogP contribution in [0.1, 0.15) is 65.1 Å². The van der Waals surface area contributed by atoms with E-state index in [1.54, 1.807) is 4.57 Å². The maximum Gasteiger partial charge on any atom is 1.00 e.